The Morgan fingerprint density at radius 1 is 1.48 bits per heavy atom. The average molecular weight is 341 g/mol. The fourth-order valence-corrected chi connectivity index (χ4v) is 4.48. The van der Waals surface area contributed by atoms with Gasteiger partial charge in [-0.05, 0) is 18.9 Å². The summed E-state index contributed by atoms with van der Waals surface area (Å²) in [6, 6.07) is 2.87. The Morgan fingerprint density at radius 3 is 2.91 bits per heavy atom. The second kappa shape index (κ2) is 5.99. The van der Waals surface area contributed by atoms with Gasteiger partial charge < -0.3 is 20.5 Å². The summed E-state index contributed by atoms with van der Waals surface area (Å²) in [5.41, 5.74) is 6.03. The van der Waals surface area contributed by atoms with E-state index in [9.17, 15) is 13.2 Å². The van der Waals surface area contributed by atoms with Crippen LogP contribution in [0.25, 0.3) is 0 Å². The molecule has 0 saturated carbocycles. The molecule has 2 heterocycles. The summed E-state index contributed by atoms with van der Waals surface area (Å²) in [7, 11) is -2.32. The van der Waals surface area contributed by atoms with Gasteiger partial charge in [-0.3, -0.25) is 4.79 Å². The zero-order valence-electron chi connectivity index (χ0n) is 12.7. The molecule has 1 amide bonds. The number of benzene rings is 1. The van der Waals surface area contributed by atoms with Gasteiger partial charge >= 0.3 is 0 Å². The summed E-state index contributed by atoms with van der Waals surface area (Å²) in [5.74, 6) is 0.369. The smallest absolute Gasteiger partial charge is 0.262 e. The molecule has 0 aromatic heterocycles. The maximum absolute atomic E-state index is 12.9. The van der Waals surface area contributed by atoms with Gasteiger partial charge in [-0.2, -0.15) is 4.31 Å². The van der Waals surface area contributed by atoms with Crippen molar-refractivity contribution in [1.82, 2.24) is 4.31 Å². The van der Waals surface area contributed by atoms with Crippen molar-refractivity contribution in [1.29, 1.82) is 0 Å². The number of rotatable bonds is 4. The van der Waals surface area contributed by atoms with Crippen LogP contribution >= 0.6 is 0 Å². The highest BCUT2D eigenvalue weighted by Crippen LogP contribution is 2.39. The first-order chi connectivity index (χ1) is 11.0. The Kier molecular flexibility index (Phi) is 4.17. The molecule has 0 bridgehead atoms. The number of fused-ring (bicyclic) bond motifs is 1. The van der Waals surface area contributed by atoms with E-state index in [1.165, 1.54) is 23.5 Å². The van der Waals surface area contributed by atoms with Crippen LogP contribution in [-0.4, -0.2) is 52.0 Å². The minimum atomic E-state index is -3.71. The molecule has 2 aliphatic heterocycles. The molecule has 0 aliphatic carbocycles. The molecule has 1 aromatic carbocycles. The van der Waals surface area contributed by atoms with Gasteiger partial charge in [0, 0.05) is 25.2 Å². The molecular formula is C14H19N3O5S. The molecular weight excluding hydrogens is 322 g/mol. The lowest BCUT2D eigenvalue weighted by Crippen LogP contribution is -2.31. The Bertz CT molecular complexity index is 734. The number of carbonyl (C=O) groups is 1. The summed E-state index contributed by atoms with van der Waals surface area (Å²) in [6.45, 7) is 1.15. The summed E-state index contributed by atoms with van der Waals surface area (Å²) in [5, 5.41) is 2.63. The Morgan fingerprint density at radius 2 is 2.26 bits per heavy atom. The van der Waals surface area contributed by atoms with E-state index >= 15 is 0 Å². The first-order valence-electron chi connectivity index (χ1n) is 7.30. The van der Waals surface area contributed by atoms with E-state index in [4.69, 9.17) is 15.2 Å². The van der Waals surface area contributed by atoms with Crippen LogP contribution in [0.15, 0.2) is 17.0 Å². The van der Waals surface area contributed by atoms with Gasteiger partial charge in [0.25, 0.3) is 5.91 Å². The quantitative estimate of drug-likeness (QED) is 0.797. The van der Waals surface area contributed by atoms with Crippen LogP contribution in [0.4, 0.5) is 5.69 Å². The van der Waals surface area contributed by atoms with Crippen LogP contribution in [0.5, 0.6) is 11.5 Å². The highest BCUT2D eigenvalue weighted by Gasteiger charge is 2.35. The van der Waals surface area contributed by atoms with Gasteiger partial charge in [-0.15, -0.1) is 0 Å². The number of ether oxygens (including phenoxy) is 2. The maximum Gasteiger partial charge on any atom is 0.262 e. The first kappa shape index (κ1) is 16.0. The highest BCUT2D eigenvalue weighted by molar-refractivity contribution is 7.89. The highest BCUT2D eigenvalue weighted by atomic mass is 32.2. The largest absolute Gasteiger partial charge is 0.495 e. The van der Waals surface area contributed by atoms with Gasteiger partial charge in [0.05, 0.1) is 12.8 Å². The lowest BCUT2D eigenvalue weighted by Gasteiger charge is -2.22. The second-order valence-electron chi connectivity index (χ2n) is 5.59. The van der Waals surface area contributed by atoms with Gasteiger partial charge in [-0.1, -0.05) is 0 Å². The zero-order valence-corrected chi connectivity index (χ0v) is 13.6. The predicted molar refractivity (Wildman–Crippen MR) is 83.0 cm³/mol. The van der Waals surface area contributed by atoms with Crippen LogP contribution in [0, 0.1) is 5.92 Å². The molecule has 2 aliphatic rings. The molecule has 9 heteroatoms. The fraction of sp³-hybridized carbons (Fsp3) is 0.500. The molecule has 3 rings (SSSR count). The monoisotopic (exact) mass is 341 g/mol. The van der Waals surface area contributed by atoms with Gasteiger partial charge in [-0.25, -0.2) is 8.42 Å². The number of hydrogen-bond acceptors (Lipinski definition) is 6. The minimum Gasteiger partial charge on any atom is -0.495 e. The number of methoxy groups -OCH3 is 1. The normalized spacial score (nSPS) is 21.5. The van der Waals surface area contributed by atoms with Gasteiger partial charge in [0.15, 0.2) is 6.61 Å². The summed E-state index contributed by atoms with van der Waals surface area (Å²) < 4.78 is 37.7. The second-order valence-corrected chi connectivity index (χ2v) is 7.50. The lowest BCUT2D eigenvalue weighted by molar-refractivity contribution is -0.118. The predicted octanol–water partition coefficient (Wildman–Crippen LogP) is -0.00460. The molecule has 1 atom stereocenters. The van der Waals surface area contributed by atoms with E-state index in [1.54, 1.807) is 0 Å². The molecule has 1 aromatic rings. The van der Waals surface area contributed by atoms with Crippen LogP contribution in [0.3, 0.4) is 0 Å². The van der Waals surface area contributed by atoms with Crippen LogP contribution in [0.2, 0.25) is 0 Å². The van der Waals surface area contributed by atoms with Crippen molar-refractivity contribution >= 4 is 21.6 Å². The number of nitrogens with one attached hydrogen (secondary N) is 1. The molecule has 0 radical (unpaired) electrons. The number of nitrogens with zero attached hydrogens (tertiary/aromatic N) is 1. The molecule has 3 N–H and O–H groups in total. The van der Waals surface area contributed by atoms with Crippen LogP contribution in [0.1, 0.15) is 6.42 Å². The van der Waals surface area contributed by atoms with Gasteiger partial charge in [0.1, 0.15) is 16.4 Å². The van der Waals surface area contributed by atoms with E-state index in [0.29, 0.717) is 31.1 Å². The maximum atomic E-state index is 12.9. The fourth-order valence-electron chi connectivity index (χ4n) is 2.80. The third-order valence-electron chi connectivity index (χ3n) is 4.10. The minimum absolute atomic E-state index is 0.0348. The standard InChI is InChI=1S/C14H19N3O5S/c1-21-12-4-10-11(22-8-14(18)16-10)5-13(12)23(19,20)17-3-2-9(6-15)7-17/h4-5,9H,2-3,6-8,15H2,1H3,(H,16,18). The number of carbonyl (C=O) groups excluding carboxylic acids is 1. The van der Waals surface area contributed by atoms with Crippen molar-refractivity contribution < 1.29 is 22.7 Å². The van der Waals surface area contributed by atoms with E-state index in [2.05, 4.69) is 5.32 Å². The van der Waals surface area contributed by atoms with Crippen molar-refractivity contribution in [2.24, 2.45) is 11.7 Å². The van der Waals surface area contributed by atoms with Crippen molar-refractivity contribution in [3.8, 4) is 11.5 Å². The van der Waals surface area contributed by atoms with E-state index in [0.717, 1.165) is 6.42 Å². The average Bonchev–Trinajstić information content (AvgIpc) is 3.03. The number of anilines is 1. The Labute approximate surface area is 134 Å². The van der Waals surface area contributed by atoms with E-state index in [-0.39, 0.29) is 29.1 Å². The summed E-state index contributed by atoms with van der Waals surface area (Å²) in [6.07, 6.45) is 0.746. The van der Waals surface area contributed by atoms with Crippen molar-refractivity contribution in [2.75, 3.05) is 38.7 Å². The third kappa shape index (κ3) is 2.87. The molecule has 1 saturated heterocycles. The molecule has 8 nitrogen and oxygen atoms in total. The van der Waals surface area contributed by atoms with Gasteiger partial charge in [0.2, 0.25) is 10.0 Å². The summed E-state index contributed by atoms with van der Waals surface area (Å²) in [4.78, 5) is 11.4. The molecule has 1 unspecified atom stereocenters. The number of hydrogen-bond donors (Lipinski definition) is 2. The molecule has 126 valence electrons. The van der Waals surface area contributed by atoms with Crippen molar-refractivity contribution in [2.45, 2.75) is 11.3 Å². The third-order valence-corrected chi connectivity index (χ3v) is 5.98. The molecule has 23 heavy (non-hydrogen) atoms. The Balaban J connectivity index is 2.00. The molecule has 1 fully saturated rings. The zero-order chi connectivity index (χ0) is 16.6. The van der Waals surface area contributed by atoms with E-state index in [1.807, 2.05) is 0 Å². The SMILES string of the molecule is COc1cc2c(cc1S(=O)(=O)N1CCC(CN)C1)OCC(=O)N2. The van der Waals surface area contributed by atoms with Crippen molar-refractivity contribution in [3.05, 3.63) is 12.1 Å². The summed E-state index contributed by atoms with van der Waals surface area (Å²) >= 11 is 0. The lowest BCUT2D eigenvalue weighted by atomic mass is 10.1. The van der Waals surface area contributed by atoms with Crippen LogP contribution in [-0.2, 0) is 14.8 Å². The van der Waals surface area contributed by atoms with E-state index < -0.39 is 10.0 Å². The number of amides is 1. The number of nitrogens with two attached hydrogens (primary N) is 1. The molecule has 0 spiro atoms. The van der Waals surface area contributed by atoms with Crippen LogP contribution < -0.4 is 20.5 Å². The topological polar surface area (TPSA) is 111 Å². The number of sulfonamides is 1. The Hall–Kier alpha value is -1.84. The van der Waals surface area contributed by atoms with Crippen molar-refractivity contribution in [3.63, 3.8) is 0 Å². The first-order valence-corrected chi connectivity index (χ1v) is 8.74.